The van der Waals surface area contributed by atoms with Crippen molar-refractivity contribution in [1.29, 1.82) is 0 Å². The SMILES string of the molecule is COC(=O)C1CCN(C(=O)NC2CCCc3sccc32)CC1C. The van der Waals surface area contributed by atoms with E-state index in [-0.39, 0.29) is 29.9 Å². The summed E-state index contributed by atoms with van der Waals surface area (Å²) in [5.41, 5.74) is 1.28. The van der Waals surface area contributed by atoms with Gasteiger partial charge in [-0.1, -0.05) is 6.92 Å². The Balaban J connectivity index is 1.59. The van der Waals surface area contributed by atoms with Crippen molar-refractivity contribution in [2.45, 2.75) is 38.6 Å². The van der Waals surface area contributed by atoms with Gasteiger partial charge in [0.25, 0.3) is 0 Å². The Morgan fingerprint density at radius 3 is 2.96 bits per heavy atom. The smallest absolute Gasteiger partial charge is 0.317 e. The van der Waals surface area contributed by atoms with E-state index in [9.17, 15) is 9.59 Å². The fourth-order valence-electron chi connectivity index (χ4n) is 3.71. The molecular weight excluding hydrogens is 312 g/mol. The Kier molecular flexibility index (Phi) is 4.90. The highest BCUT2D eigenvalue weighted by atomic mass is 32.1. The summed E-state index contributed by atoms with van der Waals surface area (Å²) >= 11 is 1.78. The number of carbonyl (C=O) groups is 2. The van der Waals surface area contributed by atoms with E-state index in [2.05, 4.69) is 16.8 Å². The Hall–Kier alpha value is -1.56. The zero-order chi connectivity index (χ0) is 16.4. The number of nitrogens with one attached hydrogen (secondary N) is 1. The van der Waals surface area contributed by atoms with Crippen LogP contribution in [0, 0.1) is 11.8 Å². The van der Waals surface area contributed by atoms with Crippen LogP contribution in [0.5, 0.6) is 0 Å². The maximum atomic E-state index is 12.6. The third kappa shape index (κ3) is 3.37. The molecule has 3 rings (SSSR count). The molecule has 0 bridgehead atoms. The minimum Gasteiger partial charge on any atom is -0.469 e. The van der Waals surface area contributed by atoms with Gasteiger partial charge < -0.3 is 15.0 Å². The third-order valence-electron chi connectivity index (χ3n) is 5.05. The number of hydrogen-bond acceptors (Lipinski definition) is 4. The summed E-state index contributed by atoms with van der Waals surface area (Å²) in [6.45, 7) is 3.23. The fourth-order valence-corrected chi connectivity index (χ4v) is 4.70. The van der Waals surface area contributed by atoms with Crippen molar-refractivity contribution in [3.8, 4) is 0 Å². The summed E-state index contributed by atoms with van der Waals surface area (Å²) in [5, 5.41) is 5.30. The van der Waals surface area contributed by atoms with Gasteiger partial charge in [-0.2, -0.15) is 0 Å². The number of ether oxygens (including phenoxy) is 1. The second kappa shape index (κ2) is 6.91. The monoisotopic (exact) mass is 336 g/mol. The summed E-state index contributed by atoms with van der Waals surface area (Å²) < 4.78 is 4.85. The van der Waals surface area contributed by atoms with E-state index in [1.165, 1.54) is 17.6 Å². The minimum absolute atomic E-state index is 0.00999. The molecule has 2 heterocycles. The number of hydrogen-bond donors (Lipinski definition) is 1. The lowest BCUT2D eigenvalue weighted by molar-refractivity contribution is -0.148. The summed E-state index contributed by atoms with van der Waals surface area (Å²) in [6, 6.07) is 2.26. The van der Waals surface area contributed by atoms with Crippen LogP contribution in [0.25, 0.3) is 0 Å². The molecule has 1 aliphatic carbocycles. The first-order chi connectivity index (χ1) is 11.1. The molecular formula is C17H24N2O3S. The summed E-state index contributed by atoms with van der Waals surface area (Å²) in [5.74, 6) is -0.125. The molecule has 126 valence electrons. The maximum absolute atomic E-state index is 12.6. The summed E-state index contributed by atoms with van der Waals surface area (Å²) in [6.07, 6.45) is 3.93. The van der Waals surface area contributed by atoms with E-state index in [1.54, 1.807) is 11.3 Å². The second-order valence-electron chi connectivity index (χ2n) is 6.54. The van der Waals surface area contributed by atoms with E-state index in [4.69, 9.17) is 4.74 Å². The van der Waals surface area contributed by atoms with Gasteiger partial charge >= 0.3 is 12.0 Å². The molecule has 2 aliphatic rings. The van der Waals surface area contributed by atoms with Crippen LogP contribution >= 0.6 is 11.3 Å². The predicted octanol–water partition coefficient (Wildman–Crippen LogP) is 2.97. The van der Waals surface area contributed by atoms with Gasteiger partial charge in [0.1, 0.15) is 0 Å². The predicted molar refractivity (Wildman–Crippen MR) is 89.4 cm³/mol. The average Bonchev–Trinajstić information content (AvgIpc) is 3.03. The van der Waals surface area contributed by atoms with Crippen LogP contribution in [0.4, 0.5) is 4.79 Å². The number of thiophene rings is 1. The number of carbonyl (C=O) groups excluding carboxylic acids is 2. The van der Waals surface area contributed by atoms with Crippen molar-refractivity contribution in [2.24, 2.45) is 11.8 Å². The number of fused-ring (bicyclic) bond motifs is 1. The number of urea groups is 1. The van der Waals surface area contributed by atoms with Crippen LogP contribution in [0.15, 0.2) is 11.4 Å². The molecule has 0 saturated carbocycles. The normalized spacial score (nSPS) is 27.2. The van der Waals surface area contributed by atoms with Gasteiger partial charge in [-0.15, -0.1) is 11.3 Å². The molecule has 1 fully saturated rings. The van der Waals surface area contributed by atoms with Crippen LogP contribution in [0.1, 0.15) is 42.7 Å². The Morgan fingerprint density at radius 1 is 1.39 bits per heavy atom. The van der Waals surface area contributed by atoms with Gasteiger partial charge in [0.15, 0.2) is 0 Å². The van der Waals surface area contributed by atoms with E-state index in [0.29, 0.717) is 19.5 Å². The molecule has 3 unspecified atom stereocenters. The zero-order valence-corrected chi connectivity index (χ0v) is 14.5. The number of likely N-dealkylation sites (tertiary alicyclic amines) is 1. The molecule has 1 N–H and O–H groups in total. The van der Waals surface area contributed by atoms with Gasteiger partial charge in [0.2, 0.25) is 0 Å². The van der Waals surface area contributed by atoms with Crippen molar-refractivity contribution in [2.75, 3.05) is 20.2 Å². The number of nitrogens with zero attached hydrogens (tertiary/aromatic N) is 1. The highest BCUT2D eigenvalue weighted by Crippen LogP contribution is 2.33. The van der Waals surface area contributed by atoms with E-state index < -0.39 is 0 Å². The molecule has 0 radical (unpaired) electrons. The van der Waals surface area contributed by atoms with Gasteiger partial charge in [0.05, 0.1) is 19.1 Å². The van der Waals surface area contributed by atoms with Crippen LogP contribution in [-0.4, -0.2) is 37.1 Å². The number of amides is 2. The van der Waals surface area contributed by atoms with Gasteiger partial charge in [-0.3, -0.25) is 4.79 Å². The Bertz CT molecular complexity index is 586. The van der Waals surface area contributed by atoms with Gasteiger partial charge in [-0.25, -0.2) is 4.79 Å². The molecule has 0 aromatic carbocycles. The topological polar surface area (TPSA) is 58.6 Å². The molecule has 2 amide bonds. The quantitative estimate of drug-likeness (QED) is 0.845. The maximum Gasteiger partial charge on any atom is 0.317 e. The van der Waals surface area contributed by atoms with Crippen LogP contribution in [-0.2, 0) is 16.0 Å². The largest absolute Gasteiger partial charge is 0.469 e. The number of piperidine rings is 1. The number of aryl methyl sites for hydroxylation is 1. The first-order valence-corrected chi connectivity index (χ1v) is 9.17. The molecule has 1 saturated heterocycles. The molecule has 23 heavy (non-hydrogen) atoms. The number of methoxy groups -OCH3 is 1. The lowest BCUT2D eigenvalue weighted by Gasteiger charge is -2.36. The number of esters is 1. The lowest BCUT2D eigenvalue weighted by Crippen LogP contribution is -2.49. The molecule has 5 nitrogen and oxygen atoms in total. The van der Waals surface area contributed by atoms with Crippen molar-refractivity contribution >= 4 is 23.3 Å². The van der Waals surface area contributed by atoms with E-state index >= 15 is 0 Å². The molecule has 6 heteroatoms. The van der Waals surface area contributed by atoms with E-state index in [0.717, 1.165) is 19.3 Å². The average molecular weight is 336 g/mol. The summed E-state index contributed by atoms with van der Waals surface area (Å²) in [7, 11) is 1.43. The van der Waals surface area contributed by atoms with Crippen molar-refractivity contribution in [3.63, 3.8) is 0 Å². The van der Waals surface area contributed by atoms with Crippen LogP contribution in [0.2, 0.25) is 0 Å². The molecule has 1 aromatic rings. The lowest BCUT2D eigenvalue weighted by atomic mass is 9.87. The number of rotatable bonds is 2. The molecule has 1 aromatic heterocycles. The molecule has 0 spiro atoms. The first-order valence-electron chi connectivity index (χ1n) is 8.29. The highest BCUT2D eigenvalue weighted by Gasteiger charge is 2.34. The summed E-state index contributed by atoms with van der Waals surface area (Å²) in [4.78, 5) is 27.6. The Morgan fingerprint density at radius 2 is 2.22 bits per heavy atom. The van der Waals surface area contributed by atoms with Crippen molar-refractivity contribution in [3.05, 3.63) is 21.9 Å². The zero-order valence-electron chi connectivity index (χ0n) is 13.7. The van der Waals surface area contributed by atoms with Crippen LogP contribution < -0.4 is 5.32 Å². The van der Waals surface area contributed by atoms with Crippen molar-refractivity contribution in [1.82, 2.24) is 10.2 Å². The van der Waals surface area contributed by atoms with Gasteiger partial charge in [-0.05, 0) is 48.6 Å². The molecule has 3 atom stereocenters. The third-order valence-corrected chi connectivity index (χ3v) is 6.04. The molecule has 1 aliphatic heterocycles. The Labute approximate surface area is 141 Å². The second-order valence-corrected chi connectivity index (χ2v) is 7.54. The van der Waals surface area contributed by atoms with Gasteiger partial charge in [0, 0.05) is 18.0 Å². The highest BCUT2D eigenvalue weighted by molar-refractivity contribution is 7.10. The standard InChI is InChI=1S/C17H24N2O3S/c1-11-10-19(8-6-12(11)16(20)22-2)17(21)18-14-4-3-5-15-13(14)7-9-23-15/h7,9,11-12,14H,3-6,8,10H2,1-2H3,(H,18,21). The van der Waals surface area contributed by atoms with Crippen LogP contribution in [0.3, 0.4) is 0 Å². The van der Waals surface area contributed by atoms with E-state index in [1.807, 2.05) is 11.8 Å². The fraction of sp³-hybridized carbons (Fsp3) is 0.647. The minimum atomic E-state index is -0.159. The van der Waals surface area contributed by atoms with Crippen molar-refractivity contribution < 1.29 is 14.3 Å². The first kappa shape index (κ1) is 16.3.